The van der Waals surface area contributed by atoms with Gasteiger partial charge in [-0.2, -0.15) is 0 Å². The molecule has 3 rings (SSSR count). The molecule has 94 valence electrons. The van der Waals surface area contributed by atoms with Gasteiger partial charge in [-0.05, 0) is 6.07 Å². The predicted molar refractivity (Wildman–Crippen MR) is 70.6 cm³/mol. The fourth-order valence-corrected chi connectivity index (χ4v) is 2.76. The molecule has 0 atom stereocenters. The molecule has 6 heteroatoms. The zero-order chi connectivity index (χ0) is 13.0. The van der Waals surface area contributed by atoms with E-state index in [0.29, 0.717) is 34.7 Å². The van der Waals surface area contributed by atoms with Crippen LogP contribution in [0, 0.1) is 0 Å². The highest BCUT2D eigenvalue weighted by Gasteiger charge is 2.26. The van der Waals surface area contributed by atoms with Crippen molar-refractivity contribution in [3.63, 3.8) is 0 Å². The van der Waals surface area contributed by atoms with Crippen molar-refractivity contribution in [2.45, 2.75) is 6.54 Å². The number of likely N-dealkylation sites (N-methyl/N-ethyl adjacent to an activating group) is 1. The van der Waals surface area contributed by atoms with E-state index in [9.17, 15) is 9.90 Å². The van der Waals surface area contributed by atoms with Gasteiger partial charge in [0.15, 0.2) is 0 Å². The highest BCUT2D eigenvalue weighted by atomic mass is 35.5. The van der Waals surface area contributed by atoms with Gasteiger partial charge in [-0.25, -0.2) is 0 Å². The van der Waals surface area contributed by atoms with E-state index in [1.165, 1.54) is 6.07 Å². The van der Waals surface area contributed by atoms with Gasteiger partial charge >= 0.3 is 0 Å². The molecule has 1 aromatic carbocycles. The quantitative estimate of drug-likeness (QED) is 0.809. The number of aromatic nitrogens is 1. The number of fused-ring (bicyclic) bond motifs is 3. The summed E-state index contributed by atoms with van der Waals surface area (Å²) in [5.41, 5.74) is 1.15. The van der Waals surface area contributed by atoms with Gasteiger partial charge in [-0.15, -0.1) is 0 Å². The van der Waals surface area contributed by atoms with Gasteiger partial charge in [0.25, 0.3) is 5.91 Å². The van der Waals surface area contributed by atoms with E-state index < -0.39 is 0 Å². The smallest absolute Gasteiger partial charge is 0.270 e. The molecule has 0 aliphatic carbocycles. The monoisotopic (exact) mass is 284 g/mol. The van der Waals surface area contributed by atoms with Crippen LogP contribution >= 0.6 is 23.2 Å². The highest BCUT2D eigenvalue weighted by Crippen LogP contribution is 2.39. The van der Waals surface area contributed by atoms with Crippen LogP contribution in [0.3, 0.4) is 0 Å². The summed E-state index contributed by atoms with van der Waals surface area (Å²) in [4.78, 5) is 13.7. The van der Waals surface area contributed by atoms with Crippen LogP contribution in [0.1, 0.15) is 10.5 Å². The van der Waals surface area contributed by atoms with Crippen LogP contribution in [-0.4, -0.2) is 34.1 Å². The first-order valence-electron chi connectivity index (χ1n) is 5.46. The van der Waals surface area contributed by atoms with E-state index in [-0.39, 0.29) is 16.7 Å². The maximum absolute atomic E-state index is 12.0. The number of aromatic hydroxyl groups is 1. The lowest BCUT2D eigenvalue weighted by Crippen LogP contribution is -2.36. The third kappa shape index (κ3) is 1.42. The molecular weight excluding hydrogens is 275 g/mol. The normalized spacial score (nSPS) is 15.3. The Hall–Kier alpha value is -1.39. The second-order valence-electron chi connectivity index (χ2n) is 4.36. The number of carbonyl (C=O) groups is 1. The van der Waals surface area contributed by atoms with Crippen molar-refractivity contribution in [2.75, 3.05) is 13.6 Å². The van der Waals surface area contributed by atoms with Crippen LogP contribution < -0.4 is 0 Å². The van der Waals surface area contributed by atoms with Crippen LogP contribution in [-0.2, 0) is 6.54 Å². The Bertz CT molecular complexity index is 679. The number of nitrogens with zero attached hydrogens (tertiary/aromatic N) is 2. The fraction of sp³-hybridized carbons (Fsp3) is 0.250. The Labute approximate surface area is 113 Å². The second kappa shape index (κ2) is 3.80. The van der Waals surface area contributed by atoms with E-state index in [2.05, 4.69) is 0 Å². The summed E-state index contributed by atoms with van der Waals surface area (Å²) in [6.07, 6.45) is 0. The lowest BCUT2D eigenvalue weighted by Gasteiger charge is -2.25. The van der Waals surface area contributed by atoms with E-state index in [4.69, 9.17) is 23.2 Å². The van der Waals surface area contributed by atoms with Gasteiger partial charge < -0.3 is 14.6 Å². The second-order valence-corrected chi connectivity index (χ2v) is 5.15. The molecule has 0 spiro atoms. The minimum Gasteiger partial charge on any atom is -0.507 e. The Morgan fingerprint density at radius 1 is 1.28 bits per heavy atom. The van der Waals surface area contributed by atoms with E-state index in [0.717, 1.165) is 0 Å². The highest BCUT2D eigenvalue weighted by molar-refractivity contribution is 6.45. The van der Waals surface area contributed by atoms with Gasteiger partial charge in [0.1, 0.15) is 11.4 Å². The minimum atomic E-state index is -0.0796. The van der Waals surface area contributed by atoms with Crippen LogP contribution in [0.5, 0.6) is 5.75 Å². The molecule has 1 aromatic heterocycles. The number of carbonyl (C=O) groups excluding carboxylic acids is 1. The number of hydrogen-bond donors (Lipinski definition) is 1. The molecule has 0 saturated heterocycles. The number of benzene rings is 1. The Morgan fingerprint density at radius 3 is 2.72 bits per heavy atom. The van der Waals surface area contributed by atoms with Gasteiger partial charge in [-0.1, -0.05) is 23.2 Å². The molecule has 0 fully saturated rings. The minimum absolute atomic E-state index is 0.0387. The molecule has 18 heavy (non-hydrogen) atoms. The largest absolute Gasteiger partial charge is 0.507 e. The van der Waals surface area contributed by atoms with Crippen LogP contribution in [0.4, 0.5) is 0 Å². The summed E-state index contributed by atoms with van der Waals surface area (Å²) in [6.45, 7) is 1.25. The van der Waals surface area contributed by atoms with Crippen molar-refractivity contribution in [1.82, 2.24) is 9.47 Å². The van der Waals surface area contributed by atoms with Crippen LogP contribution in [0.2, 0.25) is 10.0 Å². The number of hydrogen-bond acceptors (Lipinski definition) is 2. The first-order chi connectivity index (χ1) is 8.50. The van der Waals surface area contributed by atoms with Crippen molar-refractivity contribution < 1.29 is 9.90 Å². The predicted octanol–water partition coefficient (Wildman–Crippen LogP) is 2.74. The molecule has 0 bridgehead atoms. The Balaban J connectivity index is 2.41. The SMILES string of the molecule is CN1CCn2c(cc3c(O)cc(Cl)c(Cl)c32)C1=O. The maximum Gasteiger partial charge on any atom is 0.270 e. The number of phenols is 1. The lowest BCUT2D eigenvalue weighted by molar-refractivity contribution is 0.0751. The summed E-state index contributed by atoms with van der Waals surface area (Å²) in [5.74, 6) is -0.0409. The molecular formula is C12H10Cl2N2O2. The molecule has 2 aromatic rings. The molecule has 1 aliphatic rings. The van der Waals surface area contributed by atoms with Gasteiger partial charge in [0.05, 0.1) is 15.6 Å². The zero-order valence-corrected chi connectivity index (χ0v) is 11.1. The molecule has 0 radical (unpaired) electrons. The van der Waals surface area contributed by atoms with Crippen molar-refractivity contribution in [1.29, 1.82) is 0 Å². The summed E-state index contributed by atoms with van der Waals surface area (Å²) < 4.78 is 1.81. The molecule has 0 saturated carbocycles. The standard InChI is InChI=1S/C12H10Cl2N2O2/c1-15-2-3-16-8(12(15)18)4-6-9(17)5-7(13)10(14)11(6)16/h4-5,17H,2-3H2,1H3. The summed E-state index contributed by atoms with van der Waals surface area (Å²) in [5, 5.41) is 11.1. The first-order valence-corrected chi connectivity index (χ1v) is 6.22. The maximum atomic E-state index is 12.0. The van der Waals surface area contributed by atoms with Crippen LogP contribution in [0.15, 0.2) is 12.1 Å². The first kappa shape index (κ1) is 11.7. The molecule has 0 unspecified atom stereocenters. The van der Waals surface area contributed by atoms with E-state index in [1.54, 1.807) is 18.0 Å². The summed E-state index contributed by atoms with van der Waals surface area (Å²) in [6, 6.07) is 3.05. The zero-order valence-electron chi connectivity index (χ0n) is 9.57. The van der Waals surface area contributed by atoms with Crippen LogP contribution in [0.25, 0.3) is 10.9 Å². The van der Waals surface area contributed by atoms with Gasteiger partial charge in [0, 0.05) is 31.6 Å². The molecule has 2 heterocycles. The third-order valence-corrected chi connectivity index (χ3v) is 4.06. The summed E-state index contributed by atoms with van der Waals surface area (Å²) in [7, 11) is 1.75. The third-order valence-electron chi connectivity index (χ3n) is 3.28. The van der Waals surface area contributed by atoms with Gasteiger partial charge in [-0.3, -0.25) is 4.79 Å². The molecule has 1 N–H and O–H groups in total. The van der Waals surface area contributed by atoms with Crippen molar-refractivity contribution in [3.05, 3.63) is 27.9 Å². The fourth-order valence-electron chi connectivity index (χ4n) is 2.31. The Morgan fingerprint density at radius 2 is 2.00 bits per heavy atom. The van der Waals surface area contributed by atoms with Crippen molar-refractivity contribution >= 4 is 40.0 Å². The number of amides is 1. The Kier molecular flexibility index (Phi) is 2.47. The average molecular weight is 285 g/mol. The van der Waals surface area contributed by atoms with Gasteiger partial charge in [0.2, 0.25) is 0 Å². The molecule has 4 nitrogen and oxygen atoms in total. The molecule has 1 amide bonds. The van der Waals surface area contributed by atoms with Crippen molar-refractivity contribution in [2.24, 2.45) is 0 Å². The van der Waals surface area contributed by atoms with E-state index in [1.807, 2.05) is 4.57 Å². The summed E-state index contributed by atoms with van der Waals surface area (Å²) >= 11 is 12.1. The number of phenolic OH excluding ortho intramolecular Hbond substituents is 1. The molecule has 1 aliphatic heterocycles. The number of halogens is 2. The number of rotatable bonds is 0. The average Bonchev–Trinajstić information content (AvgIpc) is 2.72. The van der Waals surface area contributed by atoms with E-state index >= 15 is 0 Å². The topological polar surface area (TPSA) is 45.5 Å². The lowest BCUT2D eigenvalue weighted by atomic mass is 10.2. The van der Waals surface area contributed by atoms with Crippen molar-refractivity contribution in [3.8, 4) is 5.75 Å².